The first kappa shape index (κ1) is 26.9. The third-order valence-corrected chi connectivity index (χ3v) is 7.22. The van der Waals surface area contributed by atoms with Crippen molar-refractivity contribution in [1.82, 2.24) is 9.62 Å². The highest BCUT2D eigenvalue weighted by molar-refractivity contribution is 7.89. The molecular weight excluding hydrogens is 511 g/mol. The second kappa shape index (κ2) is 11.8. The van der Waals surface area contributed by atoms with E-state index in [4.69, 9.17) is 23.2 Å². The van der Waals surface area contributed by atoms with Crippen LogP contribution in [0.3, 0.4) is 0 Å². The lowest BCUT2D eigenvalue weighted by molar-refractivity contribution is -0.384. The minimum atomic E-state index is -3.90. The summed E-state index contributed by atoms with van der Waals surface area (Å²) in [6, 6.07) is 17.5. The molecule has 0 aliphatic carbocycles. The molecule has 0 fully saturated rings. The summed E-state index contributed by atoms with van der Waals surface area (Å²) in [5, 5.41) is 16.2. The smallest absolute Gasteiger partial charge is 0.293 e. The van der Waals surface area contributed by atoms with Gasteiger partial charge in [-0.05, 0) is 74.6 Å². The summed E-state index contributed by atoms with van der Waals surface area (Å²) in [5.41, 5.74) is 1.45. The van der Waals surface area contributed by atoms with Gasteiger partial charge in [-0.1, -0.05) is 47.5 Å². The highest BCUT2D eigenvalue weighted by Gasteiger charge is 2.24. The second-order valence-electron chi connectivity index (χ2n) is 8.17. The molecule has 2 N–H and O–H groups in total. The zero-order valence-electron chi connectivity index (χ0n) is 19.2. The van der Waals surface area contributed by atoms with Crippen LogP contribution in [0.2, 0.25) is 10.0 Å². The molecular formula is C24H26Cl2N4O4S. The van der Waals surface area contributed by atoms with Gasteiger partial charge in [0.25, 0.3) is 5.69 Å². The van der Waals surface area contributed by atoms with Crippen LogP contribution in [0.15, 0.2) is 71.6 Å². The maximum atomic E-state index is 12.7. The molecule has 8 nitrogen and oxygen atoms in total. The number of anilines is 1. The van der Waals surface area contributed by atoms with E-state index in [2.05, 4.69) is 10.0 Å². The van der Waals surface area contributed by atoms with Gasteiger partial charge in [0.1, 0.15) is 5.69 Å². The summed E-state index contributed by atoms with van der Waals surface area (Å²) in [7, 11) is -0.116. The Bertz CT molecular complexity index is 1220. The number of benzene rings is 3. The molecule has 0 unspecified atom stereocenters. The van der Waals surface area contributed by atoms with Crippen molar-refractivity contribution in [2.45, 2.75) is 17.4 Å². The predicted octanol–water partition coefficient (Wildman–Crippen LogP) is 5.33. The number of halogens is 2. The topological polar surface area (TPSA) is 105 Å². The van der Waals surface area contributed by atoms with E-state index in [9.17, 15) is 18.5 Å². The van der Waals surface area contributed by atoms with Crippen LogP contribution >= 0.6 is 23.2 Å². The van der Waals surface area contributed by atoms with Gasteiger partial charge in [-0.3, -0.25) is 10.1 Å². The van der Waals surface area contributed by atoms with E-state index in [-0.39, 0.29) is 22.8 Å². The summed E-state index contributed by atoms with van der Waals surface area (Å²) in [6.45, 7) is 0.936. The molecule has 0 saturated carbocycles. The van der Waals surface area contributed by atoms with E-state index in [0.717, 1.165) is 17.2 Å². The molecule has 0 aliphatic rings. The molecule has 0 amide bonds. The number of hydrogen-bond acceptors (Lipinski definition) is 6. The fraction of sp³-hybridized carbons (Fsp3) is 0.250. The fourth-order valence-electron chi connectivity index (χ4n) is 3.46. The van der Waals surface area contributed by atoms with Gasteiger partial charge in [0, 0.05) is 22.7 Å². The monoisotopic (exact) mass is 536 g/mol. The van der Waals surface area contributed by atoms with Crippen LogP contribution in [-0.2, 0) is 10.0 Å². The molecule has 35 heavy (non-hydrogen) atoms. The number of nitrogens with zero attached hydrogens (tertiary/aromatic N) is 2. The Balaban J connectivity index is 1.93. The van der Waals surface area contributed by atoms with Gasteiger partial charge in [0.05, 0.1) is 15.9 Å². The Hall–Kier alpha value is -2.69. The molecule has 0 aliphatic heterocycles. The summed E-state index contributed by atoms with van der Waals surface area (Å²) >= 11 is 12.1. The van der Waals surface area contributed by atoms with Crippen molar-refractivity contribution in [3.63, 3.8) is 0 Å². The van der Waals surface area contributed by atoms with E-state index in [0.29, 0.717) is 23.0 Å². The molecule has 0 spiro atoms. The number of nitro groups is 1. The van der Waals surface area contributed by atoms with E-state index >= 15 is 0 Å². The largest absolute Gasteiger partial charge is 0.369 e. The predicted molar refractivity (Wildman–Crippen MR) is 140 cm³/mol. The van der Waals surface area contributed by atoms with Crippen molar-refractivity contribution in [3.05, 3.63) is 98.0 Å². The summed E-state index contributed by atoms with van der Waals surface area (Å²) in [4.78, 5) is 13.1. The number of rotatable bonds is 11. The SMILES string of the molecule is CN(C)CCCNS(=O)(=O)c1ccc(NC(c2ccc(Cl)cc2)c2ccc(Cl)cc2)c([N+](=O)[O-])c1. The van der Waals surface area contributed by atoms with E-state index in [1.54, 1.807) is 24.3 Å². The van der Waals surface area contributed by atoms with E-state index in [1.165, 1.54) is 12.1 Å². The number of nitrogens with one attached hydrogen (secondary N) is 2. The van der Waals surface area contributed by atoms with Gasteiger partial charge in [0.2, 0.25) is 10.0 Å². The van der Waals surface area contributed by atoms with Gasteiger partial charge >= 0.3 is 0 Å². The second-order valence-corrected chi connectivity index (χ2v) is 10.8. The highest BCUT2D eigenvalue weighted by atomic mass is 35.5. The van der Waals surface area contributed by atoms with Crippen molar-refractivity contribution in [2.75, 3.05) is 32.5 Å². The molecule has 3 aromatic rings. The number of nitro benzene ring substituents is 1. The van der Waals surface area contributed by atoms with Gasteiger partial charge in [-0.25, -0.2) is 13.1 Å². The summed E-state index contributed by atoms with van der Waals surface area (Å²) in [6.07, 6.45) is 0.609. The maximum Gasteiger partial charge on any atom is 0.293 e. The Morgan fingerprint density at radius 1 is 0.943 bits per heavy atom. The van der Waals surface area contributed by atoms with Crippen LogP contribution in [-0.4, -0.2) is 45.4 Å². The molecule has 0 aromatic heterocycles. The van der Waals surface area contributed by atoms with Crippen LogP contribution < -0.4 is 10.0 Å². The minimum Gasteiger partial charge on any atom is -0.369 e. The Kier molecular flexibility index (Phi) is 9.09. The fourth-order valence-corrected chi connectivity index (χ4v) is 4.81. The summed E-state index contributed by atoms with van der Waals surface area (Å²) in [5.74, 6) is 0. The quantitative estimate of drug-likeness (QED) is 0.195. The Morgan fingerprint density at radius 2 is 1.49 bits per heavy atom. The van der Waals surface area contributed by atoms with Gasteiger partial charge in [-0.2, -0.15) is 0 Å². The molecule has 3 aromatic carbocycles. The first-order valence-corrected chi connectivity index (χ1v) is 13.0. The third-order valence-electron chi connectivity index (χ3n) is 5.26. The Morgan fingerprint density at radius 3 is 1.97 bits per heavy atom. The molecule has 0 heterocycles. The van der Waals surface area contributed by atoms with Crippen molar-refractivity contribution in [1.29, 1.82) is 0 Å². The van der Waals surface area contributed by atoms with Gasteiger partial charge in [0.15, 0.2) is 0 Å². The Labute approximate surface area is 215 Å². The molecule has 0 radical (unpaired) electrons. The highest BCUT2D eigenvalue weighted by Crippen LogP contribution is 2.34. The molecule has 11 heteroatoms. The third kappa shape index (κ3) is 7.39. The lowest BCUT2D eigenvalue weighted by Gasteiger charge is -2.21. The lowest BCUT2D eigenvalue weighted by Crippen LogP contribution is -2.27. The number of hydrogen-bond donors (Lipinski definition) is 2. The van der Waals surface area contributed by atoms with Crippen LogP contribution in [0, 0.1) is 10.1 Å². The van der Waals surface area contributed by atoms with Crippen LogP contribution in [0.4, 0.5) is 11.4 Å². The molecule has 3 rings (SSSR count). The molecule has 0 saturated heterocycles. The lowest BCUT2D eigenvalue weighted by atomic mass is 9.98. The maximum absolute atomic E-state index is 12.7. The first-order chi connectivity index (χ1) is 16.6. The van der Waals surface area contributed by atoms with Crippen LogP contribution in [0.25, 0.3) is 0 Å². The molecule has 0 bridgehead atoms. The first-order valence-electron chi connectivity index (χ1n) is 10.8. The van der Waals surface area contributed by atoms with Crippen molar-refractivity contribution in [2.24, 2.45) is 0 Å². The van der Waals surface area contributed by atoms with Crippen molar-refractivity contribution < 1.29 is 13.3 Å². The van der Waals surface area contributed by atoms with E-state index < -0.39 is 21.0 Å². The average molecular weight is 537 g/mol. The van der Waals surface area contributed by atoms with Gasteiger partial charge < -0.3 is 10.2 Å². The number of sulfonamides is 1. The minimum absolute atomic E-state index is 0.172. The van der Waals surface area contributed by atoms with E-state index in [1.807, 2.05) is 43.3 Å². The van der Waals surface area contributed by atoms with Gasteiger partial charge in [-0.15, -0.1) is 0 Å². The zero-order valence-corrected chi connectivity index (χ0v) is 21.6. The standard InChI is InChI=1S/C24H26Cl2N4O4S/c1-29(2)15-3-14-27-35(33,34)21-12-13-22(23(16-21)30(31)32)28-24(17-4-8-19(25)9-5-17)18-6-10-20(26)11-7-18/h4-13,16,24,27-28H,3,14-15H2,1-2H3. The molecule has 0 atom stereocenters. The van der Waals surface area contributed by atoms with Crippen LogP contribution in [0.1, 0.15) is 23.6 Å². The average Bonchev–Trinajstić information content (AvgIpc) is 2.81. The normalized spacial score (nSPS) is 11.7. The van der Waals surface area contributed by atoms with Crippen LogP contribution in [0.5, 0.6) is 0 Å². The van der Waals surface area contributed by atoms with Crippen molar-refractivity contribution in [3.8, 4) is 0 Å². The summed E-state index contributed by atoms with van der Waals surface area (Å²) < 4.78 is 27.9. The zero-order chi connectivity index (χ0) is 25.6. The molecule has 186 valence electrons. The van der Waals surface area contributed by atoms with Crippen molar-refractivity contribution >= 4 is 44.6 Å².